The lowest BCUT2D eigenvalue weighted by Gasteiger charge is -2.16. The maximum Gasteiger partial charge on any atom is 0.251 e. The Morgan fingerprint density at radius 1 is 1.42 bits per heavy atom. The summed E-state index contributed by atoms with van der Waals surface area (Å²) in [6, 6.07) is 7.58. The van der Waals surface area contributed by atoms with Crippen LogP contribution in [0.15, 0.2) is 24.3 Å². The monoisotopic (exact) mass is 258 g/mol. The van der Waals surface area contributed by atoms with Crippen molar-refractivity contribution in [1.29, 1.82) is 0 Å². The molecule has 0 bridgehead atoms. The van der Waals surface area contributed by atoms with Crippen molar-refractivity contribution in [2.75, 3.05) is 6.54 Å². The highest BCUT2D eigenvalue weighted by molar-refractivity contribution is 5.94. The summed E-state index contributed by atoms with van der Waals surface area (Å²) in [5.41, 5.74) is 6.81. The van der Waals surface area contributed by atoms with Gasteiger partial charge in [0.15, 0.2) is 0 Å². The Morgan fingerprint density at radius 2 is 2.21 bits per heavy atom. The van der Waals surface area contributed by atoms with Crippen LogP contribution in [0, 0.1) is 11.8 Å². The van der Waals surface area contributed by atoms with Gasteiger partial charge in [-0.2, -0.15) is 0 Å². The molecule has 0 heterocycles. The molecule has 0 aliphatic rings. The highest BCUT2D eigenvalue weighted by Gasteiger charge is 2.11. The van der Waals surface area contributed by atoms with Crippen molar-refractivity contribution in [3.63, 3.8) is 0 Å². The predicted octanol–water partition coefficient (Wildman–Crippen LogP) is 2.31. The van der Waals surface area contributed by atoms with E-state index in [4.69, 9.17) is 5.73 Å². The Labute approximate surface area is 115 Å². The number of nitrogens with two attached hydrogens (primary N) is 1. The Morgan fingerprint density at radius 3 is 2.84 bits per heavy atom. The van der Waals surface area contributed by atoms with Gasteiger partial charge in [0.05, 0.1) is 6.54 Å². The van der Waals surface area contributed by atoms with Crippen LogP contribution in [-0.4, -0.2) is 18.5 Å². The van der Waals surface area contributed by atoms with Crippen LogP contribution in [0.2, 0.25) is 0 Å². The van der Waals surface area contributed by atoms with Gasteiger partial charge >= 0.3 is 0 Å². The SMILES string of the molecule is CCCC(CC)NC(=O)c1cccc(C#CCN)c1. The van der Waals surface area contributed by atoms with Gasteiger partial charge in [-0.05, 0) is 31.0 Å². The van der Waals surface area contributed by atoms with Crippen LogP contribution < -0.4 is 11.1 Å². The third kappa shape index (κ3) is 5.15. The standard InChI is InChI=1S/C16H22N2O/c1-3-7-15(4-2)18-16(19)14-10-5-8-13(12-14)9-6-11-17/h5,8,10,12,15H,3-4,7,11,17H2,1-2H3,(H,18,19). The summed E-state index contributed by atoms with van der Waals surface area (Å²) in [6.45, 7) is 4.53. The first kappa shape index (κ1) is 15.3. The molecule has 0 saturated heterocycles. The van der Waals surface area contributed by atoms with Crippen LogP contribution in [0.5, 0.6) is 0 Å². The quantitative estimate of drug-likeness (QED) is 0.796. The summed E-state index contributed by atoms with van der Waals surface area (Å²) < 4.78 is 0. The van der Waals surface area contributed by atoms with Gasteiger partial charge in [-0.3, -0.25) is 4.79 Å². The number of benzene rings is 1. The number of nitrogens with one attached hydrogen (secondary N) is 1. The van der Waals surface area contributed by atoms with Gasteiger partial charge in [0.2, 0.25) is 0 Å². The second-order valence-corrected chi connectivity index (χ2v) is 4.45. The molecule has 0 spiro atoms. The number of amides is 1. The van der Waals surface area contributed by atoms with Crippen molar-refractivity contribution in [3.05, 3.63) is 35.4 Å². The Bertz CT molecular complexity index is 471. The maximum absolute atomic E-state index is 12.1. The highest BCUT2D eigenvalue weighted by Crippen LogP contribution is 2.07. The summed E-state index contributed by atoms with van der Waals surface area (Å²) in [5.74, 6) is 5.70. The molecule has 1 aromatic rings. The number of carbonyl (C=O) groups is 1. The third-order valence-electron chi connectivity index (χ3n) is 2.92. The lowest BCUT2D eigenvalue weighted by molar-refractivity contribution is 0.0933. The van der Waals surface area contributed by atoms with E-state index in [1.54, 1.807) is 6.07 Å². The van der Waals surface area contributed by atoms with E-state index in [1.807, 2.05) is 18.2 Å². The van der Waals surface area contributed by atoms with Crippen molar-refractivity contribution >= 4 is 5.91 Å². The van der Waals surface area contributed by atoms with Gasteiger partial charge < -0.3 is 11.1 Å². The van der Waals surface area contributed by atoms with Gasteiger partial charge in [-0.25, -0.2) is 0 Å². The van der Waals surface area contributed by atoms with E-state index in [1.165, 1.54) is 0 Å². The number of hydrogen-bond acceptors (Lipinski definition) is 2. The van der Waals surface area contributed by atoms with Crippen LogP contribution in [-0.2, 0) is 0 Å². The van der Waals surface area contributed by atoms with Gasteiger partial charge in [0.25, 0.3) is 5.91 Å². The topological polar surface area (TPSA) is 55.1 Å². The highest BCUT2D eigenvalue weighted by atomic mass is 16.1. The fraction of sp³-hybridized carbons (Fsp3) is 0.438. The molecule has 19 heavy (non-hydrogen) atoms. The Balaban J connectivity index is 2.76. The van der Waals surface area contributed by atoms with Crippen LogP contribution in [0.3, 0.4) is 0 Å². The Hall–Kier alpha value is -1.79. The molecule has 1 atom stereocenters. The Kier molecular flexibility index (Phi) is 6.70. The van der Waals surface area contributed by atoms with Crippen LogP contribution in [0.25, 0.3) is 0 Å². The van der Waals surface area contributed by atoms with Crippen molar-refractivity contribution < 1.29 is 4.79 Å². The molecule has 0 aliphatic carbocycles. The minimum absolute atomic E-state index is 0.0308. The summed E-state index contributed by atoms with van der Waals surface area (Å²) in [5, 5.41) is 3.06. The van der Waals surface area contributed by atoms with Crippen molar-refractivity contribution in [3.8, 4) is 11.8 Å². The van der Waals surface area contributed by atoms with Crippen molar-refractivity contribution in [2.45, 2.75) is 39.2 Å². The van der Waals surface area contributed by atoms with E-state index in [0.29, 0.717) is 12.1 Å². The van der Waals surface area contributed by atoms with E-state index >= 15 is 0 Å². The van der Waals surface area contributed by atoms with E-state index in [-0.39, 0.29) is 11.9 Å². The zero-order chi connectivity index (χ0) is 14.1. The lowest BCUT2D eigenvalue weighted by Crippen LogP contribution is -2.34. The largest absolute Gasteiger partial charge is 0.349 e. The molecule has 0 aromatic heterocycles. The average Bonchev–Trinajstić information content (AvgIpc) is 2.44. The number of carbonyl (C=O) groups excluding carboxylic acids is 1. The van der Waals surface area contributed by atoms with Gasteiger partial charge in [0.1, 0.15) is 0 Å². The zero-order valence-corrected chi connectivity index (χ0v) is 11.7. The van der Waals surface area contributed by atoms with Crippen molar-refractivity contribution in [1.82, 2.24) is 5.32 Å². The van der Waals surface area contributed by atoms with Gasteiger partial charge in [-0.1, -0.05) is 38.2 Å². The minimum atomic E-state index is -0.0308. The van der Waals surface area contributed by atoms with Gasteiger partial charge in [0, 0.05) is 17.2 Å². The molecule has 1 rings (SSSR count). The molecule has 3 nitrogen and oxygen atoms in total. The molecule has 1 aromatic carbocycles. The first-order valence-electron chi connectivity index (χ1n) is 6.81. The molecule has 3 N–H and O–H groups in total. The lowest BCUT2D eigenvalue weighted by atomic mass is 10.1. The normalized spacial score (nSPS) is 11.3. The average molecular weight is 258 g/mol. The molecule has 102 valence electrons. The predicted molar refractivity (Wildman–Crippen MR) is 78.8 cm³/mol. The first-order valence-corrected chi connectivity index (χ1v) is 6.81. The smallest absolute Gasteiger partial charge is 0.251 e. The van der Waals surface area contributed by atoms with E-state index in [2.05, 4.69) is 31.0 Å². The fourth-order valence-electron chi connectivity index (χ4n) is 1.89. The van der Waals surface area contributed by atoms with Gasteiger partial charge in [-0.15, -0.1) is 0 Å². The number of rotatable bonds is 5. The van der Waals surface area contributed by atoms with Crippen LogP contribution >= 0.6 is 0 Å². The second-order valence-electron chi connectivity index (χ2n) is 4.45. The molecule has 3 heteroatoms. The maximum atomic E-state index is 12.1. The summed E-state index contributed by atoms with van der Waals surface area (Å²) in [4.78, 5) is 12.1. The van der Waals surface area contributed by atoms with E-state index < -0.39 is 0 Å². The summed E-state index contributed by atoms with van der Waals surface area (Å²) >= 11 is 0. The summed E-state index contributed by atoms with van der Waals surface area (Å²) in [7, 11) is 0. The molecule has 0 fully saturated rings. The van der Waals surface area contributed by atoms with Crippen molar-refractivity contribution in [2.24, 2.45) is 5.73 Å². The molecule has 0 radical (unpaired) electrons. The van der Waals surface area contributed by atoms with E-state index in [9.17, 15) is 4.79 Å². The third-order valence-corrected chi connectivity index (χ3v) is 2.92. The molecule has 1 amide bonds. The molecular weight excluding hydrogens is 236 g/mol. The number of hydrogen-bond donors (Lipinski definition) is 2. The molecule has 0 aliphatic heterocycles. The zero-order valence-electron chi connectivity index (χ0n) is 11.7. The molecular formula is C16H22N2O. The first-order chi connectivity index (χ1) is 9.21. The molecule has 1 unspecified atom stereocenters. The second kappa shape index (κ2) is 8.34. The van der Waals surface area contributed by atoms with Crippen LogP contribution in [0.1, 0.15) is 49.0 Å². The fourth-order valence-corrected chi connectivity index (χ4v) is 1.89. The molecule has 0 saturated carbocycles. The van der Waals surface area contributed by atoms with E-state index in [0.717, 1.165) is 24.8 Å². The van der Waals surface area contributed by atoms with Crippen LogP contribution in [0.4, 0.5) is 0 Å². The summed E-state index contributed by atoms with van der Waals surface area (Å²) in [6.07, 6.45) is 3.03. The minimum Gasteiger partial charge on any atom is -0.349 e.